The Morgan fingerprint density at radius 2 is 1.42 bits per heavy atom. The van der Waals surface area contributed by atoms with Crippen molar-refractivity contribution < 1.29 is 9.59 Å². The summed E-state index contributed by atoms with van der Waals surface area (Å²) in [5.41, 5.74) is 2.26. The first-order chi connectivity index (χ1) is 17.7. The molecule has 6 nitrogen and oxygen atoms in total. The van der Waals surface area contributed by atoms with Crippen molar-refractivity contribution in [2.45, 2.75) is 48.3 Å². The second kappa shape index (κ2) is 10.4. The number of benzene rings is 2. The second-order valence-corrected chi connectivity index (χ2v) is 11.4. The zero-order valence-electron chi connectivity index (χ0n) is 20.8. The number of carbonyl (C=O) groups is 2. The minimum atomic E-state index is -0.0262. The van der Waals surface area contributed by atoms with Gasteiger partial charge in [0.1, 0.15) is 5.84 Å². The normalized spacial score (nSPS) is 24.2. The van der Waals surface area contributed by atoms with Gasteiger partial charge in [-0.1, -0.05) is 54.9 Å². The van der Waals surface area contributed by atoms with E-state index in [9.17, 15) is 9.59 Å². The van der Waals surface area contributed by atoms with Crippen LogP contribution in [0.3, 0.4) is 0 Å². The Morgan fingerprint density at radius 3 is 2.17 bits per heavy atom. The highest BCUT2D eigenvalue weighted by atomic mass is 32.2. The van der Waals surface area contributed by atoms with Crippen molar-refractivity contribution >= 4 is 35.1 Å². The van der Waals surface area contributed by atoms with Gasteiger partial charge in [0.15, 0.2) is 0 Å². The molecule has 2 saturated heterocycles. The van der Waals surface area contributed by atoms with Gasteiger partial charge in [0.2, 0.25) is 11.8 Å². The molecule has 2 amide bonds. The van der Waals surface area contributed by atoms with Gasteiger partial charge in [-0.25, -0.2) is 4.99 Å². The van der Waals surface area contributed by atoms with Crippen LogP contribution in [0.25, 0.3) is 0 Å². The average Bonchev–Trinajstić information content (AvgIpc) is 3.06. The molecule has 6 rings (SSSR count). The molecule has 2 atom stereocenters. The number of amidine groups is 1. The van der Waals surface area contributed by atoms with E-state index >= 15 is 0 Å². The number of carbonyl (C=O) groups excluding carboxylic acids is 2. The molecule has 3 heterocycles. The van der Waals surface area contributed by atoms with Gasteiger partial charge in [0.05, 0.1) is 17.5 Å². The number of amides is 2. The van der Waals surface area contributed by atoms with Crippen LogP contribution in [0.2, 0.25) is 0 Å². The van der Waals surface area contributed by atoms with E-state index in [0.717, 1.165) is 82.8 Å². The van der Waals surface area contributed by atoms with Gasteiger partial charge in [-0.15, -0.1) is 0 Å². The molecule has 188 valence electrons. The fraction of sp³-hybridized carbons (Fsp3) is 0.483. The molecule has 3 fully saturated rings. The van der Waals surface area contributed by atoms with Crippen molar-refractivity contribution in [1.82, 2.24) is 14.7 Å². The third-order valence-electron chi connectivity index (χ3n) is 8.15. The third kappa shape index (κ3) is 4.59. The average molecular weight is 503 g/mol. The van der Waals surface area contributed by atoms with Crippen LogP contribution in [-0.4, -0.2) is 71.6 Å². The number of imide groups is 1. The smallest absolute Gasteiger partial charge is 0.233 e. The minimum Gasteiger partial charge on any atom is -0.354 e. The fourth-order valence-corrected chi connectivity index (χ4v) is 7.17. The van der Waals surface area contributed by atoms with E-state index in [-0.39, 0.29) is 23.7 Å². The van der Waals surface area contributed by atoms with Crippen molar-refractivity contribution in [1.29, 1.82) is 0 Å². The summed E-state index contributed by atoms with van der Waals surface area (Å²) in [6.45, 7) is 5.51. The fourth-order valence-electron chi connectivity index (χ4n) is 6.15. The summed E-state index contributed by atoms with van der Waals surface area (Å²) in [5.74, 6) is 1.23. The molecule has 0 bridgehead atoms. The number of piperazine rings is 1. The zero-order chi connectivity index (χ0) is 24.5. The van der Waals surface area contributed by atoms with Gasteiger partial charge in [0, 0.05) is 48.1 Å². The molecule has 2 unspecified atom stereocenters. The lowest BCUT2D eigenvalue weighted by Crippen LogP contribution is -2.49. The van der Waals surface area contributed by atoms with E-state index in [2.05, 4.69) is 58.3 Å². The summed E-state index contributed by atoms with van der Waals surface area (Å²) in [4.78, 5) is 39.5. The maximum atomic E-state index is 12.7. The molecule has 2 aromatic carbocycles. The van der Waals surface area contributed by atoms with Crippen LogP contribution >= 0.6 is 11.8 Å². The summed E-state index contributed by atoms with van der Waals surface area (Å²) in [7, 11) is 0. The number of fused-ring (bicyclic) bond motifs is 3. The van der Waals surface area contributed by atoms with Crippen molar-refractivity contribution in [3.63, 3.8) is 0 Å². The summed E-state index contributed by atoms with van der Waals surface area (Å²) >= 11 is 1.80. The topological polar surface area (TPSA) is 56.2 Å². The van der Waals surface area contributed by atoms with Gasteiger partial charge < -0.3 is 4.90 Å². The van der Waals surface area contributed by atoms with Crippen LogP contribution < -0.4 is 0 Å². The molecule has 36 heavy (non-hydrogen) atoms. The molecule has 1 aliphatic carbocycles. The molecular formula is C29H34N4O2S. The van der Waals surface area contributed by atoms with E-state index < -0.39 is 0 Å². The number of likely N-dealkylation sites (tertiary alicyclic amines) is 1. The summed E-state index contributed by atoms with van der Waals surface area (Å²) in [6.07, 6.45) is 5.88. The second-order valence-electron chi connectivity index (χ2n) is 10.4. The van der Waals surface area contributed by atoms with Gasteiger partial charge >= 0.3 is 0 Å². The van der Waals surface area contributed by atoms with Crippen molar-refractivity contribution in [2.24, 2.45) is 16.8 Å². The van der Waals surface area contributed by atoms with Gasteiger partial charge in [-0.2, -0.15) is 0 Å². The van der Waals surface area contributed by atoms with E-state index in [4.69, 9.17) is 4.99 Å². The number of para-hydroxylation sites is 1. The quantitative estimate of drug-likeness (QED) is 0.434. The SMILES string of the molecule is O=C1C2CCCCC2C(=O)N1CCCCN1CCN(C2=Nc3ccccc3Sc3ccccc32)CC1. The zero-order valence-corrected chi connectivity index (χ0v) is 21.6. The predicted molar refractivity (Wildman–Crippen MR) is 143 cm³/mol. The van der Waals surface area contributed by atoms with Gasteiger partial charge in [-0.3, -0.25) is 19.4 Å². The standard InChI is InChI=1S/C29H34N4O2S/c34-28-21-9-1-2-10-22(21)29(35)33(28)16-8-7-15-31-17-19-32(20-18-31)27-23-11-3-5-13-25(23)36-26-14-6-4-12-24(26)30-27/h3-6,11-14,21-22H,1-2,7-10,15-20H2. The largest absolute Gasteiger partial charge is 0.354 e. The first-order valence-corrected chi connectivity index (χ1v) is 14.3. The molecule has 7 heteroatoms. The summed E-state index contributed by atoms with van der Waals surface area (Å²) in [5, 5.41) is 0. The first-order valence-electron chi connectivity index (χ1n) is 13.5. The lowest BCUT2D eigenvalue weighted by molar-refractivity contribution is -0.140. The van der Waals surface area contributed by atoms with E-state index in [1.54, 1.807) is 16.7 Å². The van der Waals surface area contributed by atoms with Crippen molar-refractivity contribution in [2.75, 3.05) is 39.3 Å². The van der Waals surface area contributed by atoms with Crippen LogP contribution in [0.5, 0.6) is 0 Å². The molecule has 0 N–H and O–H groups in total. The molecule has 0 spiro atoms. The van der Waals surface area contributed by atoms with Gasteiger partial charge in [0.25, 0.3) is 0 Å². The minimum absolute atomic E-state index is 0.0262. The number of nitrogens with zero attached hydrogens (tertiary/aromatic N) is 4. The van der Waals surface area contributed by atoms with Crippen LogP contribution in [0.1, 0.15) is 44.1 Å². The van der Waals surface area contributed by atoms with E-state index in [0.29, 0.717) is 6.54 Å². The molecule has 0 radical (unpaired) electrons. The van der Waals surface area contributed by atoms with E-state index in [1.807, 2.05) is 0 Å². The Labute approximate surface area is 217 Å². The molecule has 3 aliphatic heterocycles. The monoisotopic (exact) mass is 502 g/mol. The van der Waals surface area contributed by atoms with E-state index in [1.165, 1.54) is 15.4 Å². The van der Waals surface area contributed by atoms with Crippen molar-refractivity contribution in [3.05, 3.63) is 54.1 Å². The molecule has 2 aromatic rings. The Kier molecular flexibility index (Phi) is 6.85. The first kappa shape index (κ1) is 23.7. The number of hydrogen-bond donors (Lipinski definition) is 0. The third-order valence-corrected chi connectivity index (χ3v) is 9.29. The number of rotatable bonds is 5. The maximum absolute atomic E-state index is 12.7. The van der Waals surface area contributed by atoms with Crippen molar-refractivity contribution in [3.8, 4) is 0 Å². The highest BCUT2D eigenvalue weighted by molar-refractivity contribution is 7.99. The van der Waals surface area contributed by atoms with Crippen LogP contribution in [0, 0.1) is 11.8 Å². The van der Waals surface area contributed by atoms with Crippen LogP contribution in [0.15, 0.2) is 63.3 Å². The molecule has 0 aromatic heterocycles. The lowest BCUT2D eigenvalue weighted by Gasteiger charge is -2.36. The molecular weight excluding hydrogens is 468 g/mol. The highest BCUT2D eigenvalue weighted by Gasteiger charge is 2.47. The predicted octanol–water partition coefficient (Wildman–Crippen LogP) is 4.80. The summed E-state index contributed by atoms with van der Waals surface area (Å²) in [6, 6.07) is 17.0. The maximum Gasteiger partial charge on any atom is 0.233 e. The van der Waals surface area contributed by atoms with Crippen LogP contribution in [0.4, 0.5) is 5.69 Å². The Morgan fingerprint density at radius 1 is 0.778 bits per heavy atom. The molecule has 1 saturated carbocycles. The Bertz CT molecular complexity index is 1150. The Balaban J connectivity index is 1.03. The highest BCUT2D eigenvalue weighted by Crippen LogP contribution is 2.41. The van der Waals surface area contributed by atoms with Gasteiger partial charge in [-0.05, 0) is 50.4 Å². The van der Waals surface area contributed by atoms with Crippen LogP contribution in [-0.2, 0) is 9.59 Å². The Hall–Kier alpha value is -2.64. The number of unbranched alkanes of at least 4 members (excludes halogenated alkanes) is 1. The number of aliphatic imine (C=N–C) groups is 1. The summed E-state index contributed by atoms with van der Waals surface area (Å²) < 4.78 is 0. The number of hydrogen-bond acceptors (Lipinski definition) is 6. The lowest BCUT2D eigenvalue weighted by atomic mass is 9.81. The molecule has 4 aliphatic rings.